The van der Waals surface area contributed by atoms with E-state index in [0.29, 0.717) is 0 Å². The molecule has 0 saturated carbocycles. The molecular formula is C25H20BrF3N2O4. The summed E-state index contributed by atoms with van der Waals surface area (Å²) >= 11 is 3.49. The number of ether oxygens (including phenoxy) is 3. The second-order valence-electron chi connectivity index (χ2n) is 8.22. The fourth-order valence-electron chi connectivity index (χ4n) is 4.30. The third kappa shape index (κ3) is 4.93. The number of rotatable bonds is 4. The van der Waals surface area contributed by atoms with Crippen LogP contribution in [0.15, 0.2) is 53.1 Å². The van der Waals surface area contributed by atoms with Crippen molar-refractivity contribution < 1.29 is 32.2 Å². The largest absolute Gasteiger partial charge is 0.484 e. The van der Waals surface area contributed by atoms with Crippen molar-refractivity contribution in [1.82, 2.24) is 10.3 Å². The first kappa shape index (κ1) is 23.5. The number of benzene rings is 2. The smallest absolute Gasteiger partial charge is 0.416 e. The molecule has 1 aliphatic carbocycles. The van der Waals surface area contributed by atoms with E-state index in [1.54, 1.807) is 0 Å². The second-order valence-corrected chi connectivity index (χ2v) is 9.13. The molecule has 0 spiro atoms. The molecule has 6 nitrogen and oxygen atoms in total. The van der Waals surface area contributed by atoms with Crippen LogP contribution in [0.5, 0.6) is 23.1 Å². The molecule has 1 aliphatic heterocycles. The number of halogens is 4. The number of carbonyl (C=O) groups is 1. The summed E-state index contributed by atoms with van der Waals surface area (Å²) < 4.78 is 57.4. The molecule has 0 radical (unpaired) electrons. The molecule has 35 heavy (non-hydrogen) atoms. The monoisotopic (exact) mass is 548 g/mol. The summed E-state index contributed by atoms with van der Waals surface area (Å²) in [6, 6.07) is 10.1. The van der Waals surface area contributed by atoms with Gasteiger partial charge in [0.2, 0.25) is 0 Å². The van der Waals surface area contributed by atoms with Gasteiger partial charge in [-0.05, 0) is 60.7 Å². The van der Waals surface area contributed by atoms with Gasteiger partial charge in [-0.3, -0.25) is 4.79 Å². The number of nitrogens with zero attached hydrogens (tertiary/aromatic N) is 1. The molecule has 10 heteroatoms. The lowest BCUT2D eigenvalue weighted by molar-refractivity contribution is -0.137. The maximum atomic E-state index is 13.6. The molecule has 1 amide bonds. The third-order valence-corrected chi connectivity index (χ3v) is 6.37. The van der Waals surface area contributed by atoms with Crippen molar-refractivity contribution in [3.63, 3.8) is 0 Å². The summed E-state index contributed by atoms with van der Waals surface area (Å²) in [6.45, 7) is 0.460. The Bertz CT molecular complexity index is 1280. The number of pyridine rings is 1. The molecule has 1 aromatic heterocycles. The molecule has 3 aromatic rings. The van der Waals surface area contributed by atoms with Gasteiger partial charge >= 0.3 is 6.18 Å². The standard InChI is InChI=1S/C25H20BrF3N2O4/c26-16-7-8-18-14(11-16)3-1-6-19(18)31-23(32)21-20(13-30-24-22(21)33-9-10-34-24)35-17-5-2-4-15(12-17)25(27,28)29/h2,4-5,7-8,11-13,19H,1,3,6,9-10H2,(H,31,32). The van der Waals surface area contributed by atoms with Crippen LogP contribution >= 0.6 is 15.9 Å². The molecular weight excluding hydrogens is 529 g/mol. The van der Waals surface area contributed by atoms with Crippen LogP contribution in [-0.2, 0) is 12.6 Å². The highest BCUT2D eigenvalue weighted by Crippen LogP contribution is 2.41. The van der Waals surface area contributed by atoms with Crippen molar-refractivity contribution in [2.24, 2.45) is 0 Å². The van der Waals surface area contributed by atoms with Crippen molar-refractivity contribution >= 4 is 21.8 Å². The highest BCUT2D eigenvalue weighted by atomic mass is 79.9. The van der Waals surface area contributed by atoms with Gasteiger partial charge in [-0.15, -0.1) is 0 Å². The SMILES string of the molecule is O=C(NC1CCCc2cc(Br)ccc21)c1c(Oc2cccc(C(F)(F)F)c2)cnc2c1OCCO2. The first-order valence-corrected chi connectivity index (χ1v) is 11.8. The minimum atomic E-state index is -4.53. The van der Waals surface area contributed by atoms with E-state index in [1.807, 2.05) is 18.2 Å². The van der Waals surface area contributed by atoms with Crippen LogP contribution in [0.25, 0.3) is 0 Å². The molecule has 2 heterocycles. The Balaban J connectivity index is 1.49. The minimum absolute atomic E-state index is 0.0244. The quantitative estimate of drug-likeness (QED) is 0.418. The van der Waals surface area contributed by atoms with E-state index < -0.39 is 17.6 Å². The van der Waals surface area contributed by atoms with E-state index in [4.69, 9.17) is 14.2 Å². The molecule has 0 saturated heterocycles. The van der Waals surface area contributed by atoms with E-state index in [1.165, 1.54) is 18.3 Å². The topological polar surface area (TPSA) is 69.7 Å². The molecule has 182 valence electrons. The number of hydrogen-bond acceptors (Lipinski definition) is 5. The van der Waals surface area contributed by atoms with Crippen molar-refractivity contribution in [3.05, 3.63) is 75.4 Å². The molecule has 5 rings (SSSR count). The van der Waals surface area contributed by atoms with E-state index in [2.05, 4.69) is 26.2 Å². The van der Waals surface area contributed by atoms with Gasteiger partial charge in [-0.25, -0.2) is 4.98 Å². The summed E-state index contributed by atoms with van der Waals surface area (Å²) in [5.74, 6) is -0.370. The third-order valence-electron chi connectivity index (χ3n) is 5.88. The fraction of sp³-hybridized carbons (Fsp3) is 0.280. The lowest BCUT2D eigenvalue weighted by Crippen LogP contribution is -2.32. The second kappa shape index (κ2) is 9.41. The zero-order valence-electron chi connectivity index (χ0n) is 18.3. The van der Waals surface area contributed by atoms with Gasteiger partial charge in [0.15, 0.2) is 11.5 Å². The Labute approximate surface area is 207 Å². The lowest BCUT2D eigenvalue weighted by atomic mass is 9.87. The highest BCUT2D eigenvalue weighted by Gasteiger charge is 2.32. The molecule has 2 aromatic carbocycles. The van der Waals surface area contributed by atoms with Crippen molar-refractivity contribution in [3.8, 4) is 23.1 Å². The van der Waals surface area contributed by atoms with Gasteiger partial charge in [0.05, 0.1) is 17.8 Å². The average Bonchev–Trinajstić information content (AvgIpc) is 2.83. The number of amides is 1. The molecule has 2 aliphatic rings. The van der Waals surface area contributed by atoms with Gasteiger partial charge in [0, 0.05) is 4.47 Å². The molecule has 0 fully saturated rings. The van der Waals surface area contributed by atoms with Gasteiger partial charge in [0.25, 0.3) is 11.8 Å². The maximum absolute atomic E-state index is 13.6. The molecule has 1 atom stereocenters. The molecule has 1 unspecified atom stereocenters. The fourth-order valence-corrected chi connectivity index (χ4v) is 4.71. The predicted molar refractivity (Wildman–Crippen MR) is 124 cm³/mol. The number of fused-ring (bicyclic) bond motifs is 2. The Morgan fingerprint density at radius 1 is 1.14 bits per heavy atom. The predicted octanol–water partition coefficient (Wildman–Crippen LogP) is 6.23. The number of aromatic nitrogens is 1. The van der Waals surface area contributed by atoms with Gasteiger partial charge in [-0.1, -0.05) is 28.1 Å². The highest BCUT2D eigenvalue weighted by molar-refractivity contribution is 9.10. The maximum Gasteiger partial charge on any atom is 0.416 e. The average molecular weight is 549 g/mol. The molecule has 1 N–H and O–H groups in total. The lowest BCUT2D eigenvalue weighted by Gasteiger charge is -2.28. The van der Waals surface area contributed by atoms with Crippen molar-refractivity contribution in [2.75, 3.05) is 13.2 Å². The molecule has 0 bridgehead atoms. The number of nitrogens with one attached hydrogen (secondary N) is 1. The van der Waals surface area contributed by atoms with Gasteiger partial charge in [0.1, 0.15) is 24.5 Å². The summed E-state index contributed by atoms with van der Waals surface area (Å²) in [4.78, 5) is 17.7. The van der Waals surface area contributed by atoms with Crippen molar-refractivity contribution in [1.29, 1.82) is 0 Å². The summed E-state index contributed by atoms with van der Waals surface area (Å²) in [7, 11) is 0. The van der Waals surface area contributed by atoms with Crippen LogP contribution < -0.4 is 19.5 Å². The number of aryl methyl sites for hydroxylation is 1. The Morgan fingerprint density at radius 2 is 1.97 bits per heavy atom. The van der Waals surface area contributed by atoms with Crippen LogP contribution in [-0.4, -0.2) is 24.1 Å². The van der Waals surface area contributed by atoms with E-state index in [0.717, 1.165) is 47.0 Å². The number of carbonyl (C=O) groups excluding carboxylic acids is 1. The summed E-state index contributed by atoms with van der Waals surface area (Å²) in [5.41, 5.74) is 1.33. The van der Waals surface area contributed by atoms with Crippen LogP contribution in [0.4, 0.5) is 13.2 Å². The van der Waals surface area contributed by atoms with E-state index in [-0.39, 0.29) is 47.9 Å². The Morgan fingerprint density at radius 3 is 2.80 bits per heavy atom. The van der Waals surface area contributed by atoms with Crippen molar-refractivity contribution in [2.45, 2.75) is 31.5 Å². The summed E-state index contributed by atoms with van der Waals surface area (Å²) in [5, 5.41) is 3.05. The first-order valence-electron chi connectivity index (χ1n) is 11.0. The Hall–Kier alpha value is -3.27. The van der Waals surface area contributed by atoms with E-state index in [9.17, 15) is 18.0 Å². The normalized spacial score (nSPS) is 16.9. The zero-order chi connectivity index (χ0) is 24.6. The number of alkyl halides is 3. The number of hydrogen-bond donors (Lipinski definition) is 1. The van der Waals surface area contributed by atoms with Crippen LogP contribution in [0.1, 0.15) is 45.9 Å². The first-order chi connectivity index (χ1) is 16.8. The van der Waals surface area contributed by atoms with Gasteiger partial charge < -0.3 is 19.5 Å². The van der Waals surface area contributed by atoms with Crippen LogP contribution in [0.3, 0.4) is 0 Å². The summed E-state index contributed by atoms with van der Waals surface area (Å²) in [6.07, 6.45) is -0.722. The minimum Gasteiger partial charge on any atom is -0.484 e. The van der Waals surface area contributed by atoms with Crippen LogP contribution in [0.2, 0.25) is 0 Å². The van der Waals surface area contributed by atoms with Crippen LogP contribution in [0, 0.1) is 0 Å². The van der Waals surface area contributed by atoms with Gasteiger partial charge in [-0.2, -0.15) is 13.2 Å². The zero-order valence-corrected chi connectivity index (χ0v) is 19.9. The Kier molecular flexibility index (Phi) is 6.31. The van der Waals surface area contributed by atoms with E-state index >= 15 is 0 Å².